The van der Waals surface area contributed by atoms with Crippen LogP contribution in [0.3, 0.4) is 0 Å². The van der Waals surface area contributed by atoms with Crippen molar-refractivity contribution in [3.05, 3.63) is 0 Å². The Kier molecular flexibility index (Phi) is 13.7. The van der Waals surface area contributed by atoms with Gasteiger partial charge in [0.2, 0.25) is 0 Å². The van der Waals surface area contributed by atoms with Crippen molar-refractivity contribution in [2.24, 2.45) is 0 Å². The van der Waals surface area contributed by atoms with Crippen LogP contribution in [0, 0.1) is 12.5 Å². The Balaban J connectivity index is 0.00000529. The van der Waals surface area contributed by atoms with Crippen LogP contribution in [0.15, 0.2) is 0 Å². The van der Waals surface area contributed by atoms with Crippen molar-refractivity contribution < 1.29 is 78.5 Å². The van der Waals surface area contributed by atoms with E-state index in [4.69, 9.17) is 25.4 Å². The molecular formula is C12H19NaO10S. The van der Waals surface area contributed by atoms with E-state index in [1.165, 1.54) is 7.11 Å². The van der Waals surface area contributed by atoms with Crippen LogP contribution in [-0.4, -0.2) is 78.2 Å². The molecule has 6 unspecified atom stereocenters. The first-order chi connectivity index (χ1) is 11.0. The van der Waals surface area contributed by atoms with Gasteiger partial charge in [-0.05, 0) is 0 Å². The van der Waals surface area contributed by atoms with E-state index in [2.05, 4.69) is 9.37 Å². The van der Waals surface area contributed by atoms with Gasteiger partial charge in [-0.2, -0.15) is 4.33 Å². The van der Waals surface area contributed by atoms with Crippen LogP contribution in [0.4, 0.5) is 0 Å². The van der Waals surface area contributed by atoms with E-state index in [1.807, 2.05) is 6.11 Å². The third kappa shape index (κ3) is 7.71. The second-order valence-corrected chi connectivity index (χ2v) is 5.29. The zero-order valence-electron chi connectivity index (χ0n) is 13.3. The van der Waals surface area contributed by atoms with Crippen molar-refractivity contribution >= 4 is 12.0 Å². The third-order valence-corrected chi connectivity index (χ3v) is 3.63. The third-order valence-electron chi connectivity index (χ3n) is 3.01. The van der Waals surface area contributed by atoms with Gasteiger partial charge >= 0.3 is 29.6 Å². The molecule has 0 aromatic heterocycles. The van der Waals surface area contributed by atoms with Crippen molar-refractivity contribution in [2.45, 2.75) is 36.8 Å². The van der Waals surface area contributed by atoms with Gasteiger partial charge in [-0.3, -0.25) is 5.04 Å². The van der Waals surface area contributed by atoms with E-state index in [9.17, 15) is 20.6 Å². The van der Waals surface area contributed by atoms with Gasteiger partial charge in [-0.25, -0.2) is 0 Å². The Labute approximate surface area is 165 Å². The molecule has 1 rings (SSSR count). The van der Waals surface area contributed by atoms with Gasteiger partial charge in [-0.15, -0.1) is 0 Å². The van der Waals surface area contributed by atoms with Crippen LogP contribution in [0.5, 0.6) is 0 Å². The molecule has 1 aliphatic heterocycles. The second-order valence-electron chi connectivity index (χ2n) is 4.58. The zero-order valence-corrected chi connectivity index (χ0v) is 16.1. The standard InChI is InChI=1S/C12H20O10S.Na/c1-3-18-7(4-17-2)5-19-12-11(15)10(14)9(13)8(20-12)6-23-22-21-16;/h1,7-16H,4-6H2,2H3;/q;+1/p-1. The van der Waals surface area contributed by atoms with Gasteiger partial charge < -0.3 is 39.5 Å². The predicted octanol–water partition coefficient (Wildman–Crippen LogP) is -5.69. The molecule has 0 spiro atoms. The summed E-state index contributed by atoms with van der Waals surface area (Å²) >= 11 is 0.570. The van der Waals surface area contributed by atoms with Crippen LogP contribution < -0.4 is 34.8 Å². The molecule has 1 fully saturated rings. The van der Waals surface area contributed by atoms with Crippen LogP contribution in [-0.2, 0) is 28.3 Å². The van der Waals surface area contributed by atoms with Crippen LogP contribution in [0.1, 0.15) is 0 Å². The van der Waals surface area contributed by atoms with Crippen molar-refractivity contribution in [2.75, 3.05) is 26.1 Å². The average molecular weight is 378 g/mol. The summed E-state index contributed by atoms with van der Waals surface area (Å²) in [7, 11) is 1.45. The van der Waals surface area contributed by atoms with Gasteiger partial charge in [0.05, 0.1) is 19.0 Å². The first kappa shape index (κ1) is 24.4. The maximum Gasteiger partial charge on any atom is 1.00 e. The van der Waals surface area contributed by atoms with Gasteiger partial charge in [0.25, 0.3) is 0 Å². The Morgan fingerprint density at radius 1 is 1.25 bits per heavy atom. The van der Waals surface area contributed by atoms with Crippen molar-refractivity contribution in [1.82, 2.24) is 0 Å². The quantitative estimate of drug-likeness (QED) is 0.0837. The second kappa shape index (κ2) is 13.5. The minimum Gasteiger partial charge on any atom is -0.691 e. The van der Waals surface area contributed by atoms with Crippen LogP contribution >= 0.6 is 12.0 Å². The van der Waals surface area contributed by atoms with Crippen LogP contribution in [0.2, 0.25) is 0 Å². The van der Waals surface area contributed by atoms with E-state index in [0.717, 1.165) is 0 Å². The normalized spacial score (nSPS) is 30.9. The van der Waals surface area contributed by atoms with E-state index < -0.39 is 36.8 Å². The topological polar surface area (TPSA) is 139 Å². The molecule has 0 amide bonds. The number of aliphatic hydroxyl groups is 3. The molecule has 0 aliphatic carbocycles. The summed E-state index contributed by atoms with van der Waals surface area (Å²) in [5, 5.41) is 42.4. The summed E-state index contributed by atoms with van der Waals surface area (Å²) in [6.45, 7) is 0.0643. The van der Waals surface area contributed by atoms with Gasteiger partial charge in [0, 0.05) is 19.2 Å². The zero-order chi connectivity index (χ0) is 17.2. The summed E-state index contributed by atoms with van der Waals surface area (Å²) in [6.07, 6.45) is -0.180. The number of ether oxygens (including phenoxy) is 4. The molecule has 6 atom stereocenters. The molecule has 1 aliphatic rings. The van der Waals surface area contributed by atoms with E-state index in [-0.39, 0.29) is 48.5 Å². The fourth-order valence-corrected chi connectivity index (χ4v) is 2.41. The first-order valence-electron chi connectivity index (χ1n) is 6.54. The molecule has 1 saturated heterocycles. The molecule has 0 aromatic carbocycles. The molecule has 3 N–H and O–H groups in total. The Hall–Kier alpha value is 0.350. The van der Waals surface area contributed by atoms with E-state index in [0.29, 0.717) is 12.0 Å². The Morgan fingerprint density at radius 2 is 1.96 bits per heavy atom. The van der Waals surface area contributed by atoms with Crippen molar-refractivity contribution in [1.29, 1.82) is 0 Å². The van der Waals surface area contributed by atoms with E-state index >= 15 is 0 Å². The minimum atomic E-state index is -1.51. The Bertz CT molecular complexity index is 370. The molecule has 24 heavy (non-hydrogen) atoms. The van der Waals surface area contributed by atoms with Crippen molar-refractivity contribution in [3.63, 3.8) is 0 Å². The molecule has 134 valence electrons. The summed E-state index contributed by atoms with van der Waals surface area (Å²) < 4.78 is 24.6. The van der Waals surface area contributed by atoms with Crippen molar-refractivity contribution in [3.8, 4) is 12.5 Å². The molecular weight excluding hydrogens is 359 g/mol. The molecule has 1 heterocycles. The summed E-state index contributed by atoms with van der Waals surface area (Å²) in [5.41, 5.74) is 0. The fraction of sp³-hybridized carbons (Fsp3) is 0.833. The smallest absolute Gasteiger partial charge is 0.691 e. The van der Waals surface area contributed by atoms with Gasteiger partial charge in [0.1, 0.15) is 30.5 Å². The number of hydrogen-bond donors (Lipinski definition) is 3. The molecule has 0 saturated carbocycles. The maximum absolute atomic E-state index is 9.88. The molecule has 0 radical (unpaired) electrons. The predicted molar refractivity (Wildman–Crippen MR) is 72.8 cm³/mol. The van der Waals surface area contributed by atoms with Gasteiger partial charge in [0.15, 0.2) is 12.4 Å². The molecule has 0 aromatic rings. The Morgan fingerprint density at radius 3 is 2.54 bits per heavy atom. The minimum absolute atomic E-state index is 0. The summed E-state index contributed by atoms with van der Waals surface area (Å²) in [4.78, 5) is 0. The molecule has 0 bridgehead atoms. The fourth-order valence-electron chi connectivity index (χ4n) is 1.91. The molecule has 10 nitrogen and oxygen atoms in total. The maximum atomic E-state index is 9.88. The summed E-state index contributed by atoms with van der Waals surface area (Å²) in [6, 6.07) is 0. The average Bonchev–Trinajstić information content (AvgIpc) is 2.54. The first-order valence-corrected chi connectivity index (χ1v) is 7.45. The number of methoxy groups -OCH3 is 1. The van der Waals surface area contributed by atoms with E-state index in [1.54, 1.807) is 0 Å². The van der Waals surface area contributed by atoms with Crippen LogP contribution in [0.25, 0.3) is 0 Å². The SMILES string of the molecule is C#COC(COC)COC1OC(CSOO[O-])C(O)C(O)C1O.[Na+]. The monoisotopic (exact) mass is 378 g/mol. The largest absolute Gasteiger partial charge is 1.00 e. The number of terminal acetylenes is 1. The van der Waals surface area contributed by atoms with Gasteiger partial charge in [-0.1, -0.05) is 6.42 Å². The number of aliphatic hydroxyl groups excluding tert-OH is 3. The number of rotatable bonds is 10. The number of hydrogen-bond acceptors (Lipinski definition) is 11. The summed E-state index contributed by atoms with van der Waals surface area (Å²) in [5.74, 6) is -0.0462. The molecule has 12 heteroatoms.